The van der Waals surface area contributed by atoms with Crippen molar-refractivity contribution in [3.63, 3.8) is 0 Å². The molecule has 12 rings (SSSR count). The van der Waals surface area contributed by atoms with E-state index in [0.29, 0.717) is 0 Å². The molecule has 0 saturated heterocycles. The van der Waals surface area contributed by atoms with Crippen LogP contribution in [0, 0.1) is 0 Å². The van der Waals surface area contributed by atoms with E-state index in [1.54, 1.807) is 11.3 Å². The van der Waals surface area contributed by atoms with Crippen LogP contribution in [0.1, 0.15) is 0 Å². The van der Waals surface area contributed by atoms with Gasteiger partial charge in [0.05, 0.1) is 32.6 Å². The molecule has 1 aliphatic heterocycles. The van der Waals surface area contributed by atoms with E-state index in [0.717, 1.165) is 60.5 Å². The molecule has 1 aliphatic rings. The highest BCUT2D eigenvalue weighted by molar-refractivity contribution is 7.99. The molecule has 0 unspecified atom stereocenters. The third-order valence-corrected chi connectivity index (χ3v) is 13.0. The monoisotopic (exact) mass is 724 g/mol. The lowest BCUT2D eigenvalue weighted by molar-refractivity contribution is 1.03. The smallest absolute Gasteiger partial charge is 0.161 e. The summed E-state index contributed by atoms with van der Waals surface area (Å²) in [6, 6.07) is 60.9. The average Bonchev–Trinajstić information content (AvgIpc) is 3.90. The summed E-state index contributed by atoms with van der Waals surface area (Å²) in [5.74, 6) is 0.729. The first kappa shape index (κ1) is 30.0. The molecule has 0 bridgehead atoms. The van der Waals surface area contributed by atoms with Gasteiger partial charge in [0.25, 0.3) is 0 Å². The van der Waals surface area contributed by atoms with Gasteiger partial charge >= 0.3 is 0 Å². The zero-order valence-electron chi connectivity index (χ0n) is 28.8. The fourth-order valence-corrected chi connectivity index (χ4v) is 10.6. The van der Waals surface area contributed by atoms with Crippen molar-refractivity contribution in [3.8, 4) is 45.1 Å². The number of benzene rings is 7. The quantitative estimate of drug-likeness (QED) is 0.181. The Hall–Kier alpha value is -6.47. The highest BCUT2D eigenvalue weighted by Gasteiger charge is 2.29. The van der Waals surface area contributed by atoms with Crippen molar-refractivity contribution < 1.29 is 0 Å². The summed E-state index contributed by atoms with van der Waals surface area (Å²) in [4.78, 5) is 13.5. The molecule has 6 heteroatoms. The van der Waals surface area contributed by atoms with E-state index in [-0.39, 0.29) is 0 Å². The molecule has 0 fully saturated rings. The van der Waals surface area contributed by atoms with E-state index in [1.807, 2.05) is 11.8 Å². The zero-order valence-corrected chi connectivity index (χ0v) is 30.4. The Kier molecular flexibility index (Phi) is 6.40. The summed E-state index contributed by atoms with van der Waals surface area (Å²) in [6.45, 7) is 0. The van der Waals surface area contributed by atoms with Crippen LogP contribution in [0.5, 0.6) is 0 Å². The van der Waals surface area contributed by atoms with Crippen molar-refractivity contribution in [3.05, 3.63) is 170 Å². The lowest BCUT2D eigenvalue weighted by Crippen LogP contribution is -2.05. The van der Waals surface area contributed by atoms with Crippen LogP contribution in [-0.2, 0) is 0 Å². The summed E-state index contributed by atoms with van der Waals surface area (Å²) in [5.41, 5.74) is 12.3. The Morgan fingerprint density at radius 2 is 1.17 bits per heavy atom. The Morgan fingerprint density at radius 1 is 0.481 bits per heavy atom. The maximum absolute atomic E-state index is 5.53. The Bertz CT molecular complexity index is 3280. The number of hydrogen-bond acceptors (Lipinski definition) is 4. The van der Waals surface area contributed by atoms with Gasteiger partial charge in [-0.25, -0.2) is 9.97 Å². The molecule has 54 heavy (non-hydrogen) atoms. The highest BCUT2D eigenvalue weighted by atomic mass is 32.2. The molecule has 0 atom stereocenters. The molecule has 11 aromatic rings. The van der Waals surface area contributed by atoms with Gasteiger partial charge in [-0.15, -0.1) is 11.3 Å². The van der Waals surface area contributed by atoms with Crippen molar-refractivity contribution in [1.29, 1.82) is 0 Å². The van der Waals surface area contributed by atoms with Gasteiger partial charge in [-0.2, -0.15) is 0 Å². The van der Waals surface area contributed by atoms with Gasteiger partial charge in [0.15, 0.2) is 5.82 Å². The van der Waals surface area contributed by atoms with Crippen molar-refractivity contribution in [2.75, 3.05) is 0 Å². The van der Waals surface area contributed by atoms with Crippen LogP contribution >= 0.6 is 23.1 Å². The van der Waals surface area contributed by atoms with E-state index < -0.39 is 0 Å². The number of hydrogen-bond donors (Lipinski definition) is 0. The molecule has 5 heterocycles. The maximum atomic E-state index is 5.53. The van der Waals surface area contributed by atoms with Gasteiger partial charge in [0.2, 0.25) is 0 Å². The summed E-state index contributed by atoms with van der Waals surface area (Å²) in [6.07, 6.45) is 0. The van der Waals surface area contributed by atoms with Crippen LogP contribution in [-0.4, -0.2) is 19.1 Å². The molecule has 252 valence electrons. The number of rotatable bonds is 4. The van der Waals surface area contributed by atoms with Gasteiger partial charge in [-0.05, 0) is 53.6 Å². The number of thiophene rings is 1. The molecule has 4 aromatic heterocycles. The first-order valence-corrected chi connectivity index (χ1v) is 19.7. The third-order valence-electron chi connectivity index (χ3n) is 10.7. The first-order valence-electron chi connectivity index (χ1n) is 18.1. The minimum Gasteiger partial charge on any atom is -0.295 e. The molecule has 7 aromatic carbocycles. The molecule has 0 aliphatic carbocycles. The fraction of sp³-hybridized carbons (Fsp3) is 0. The van der Waals surface area contributed by atoms with Crippen LogP contribution in [0.25, 0.3) is 98.3 Å². The molecule has 0 N–H and O–H groups in total. The minimum absolute atomic E-state index is 0.729. The van der Waals surface area contributed by atoms with Crippen molar-refractivity contribution in [1.82, 2.24) is 19.1 Å². The van der Waals surface area contributed by atoms with Crippen molar-refractivity contribution >= 4 is 76.2 Å². The van der Waals surface area contributed by atoms with E-state index in [9.17, 15) is 0 Å². The second-order valence-electron chi connectivity index (χ2n) is 13.7. The first-order chi connectivity index (χ1) is 26.8. The normalized spacial score (nSPS) is 12.4. The van der Waals surface area contributed by atoms with E-state index in [1.165, 1.54) is 47.6 Å². The predicted molar refractivity (Wildman–Crippen MR) is 227 cm³/mol. The number of fused-ring (bicyclic) bond motifs is 10. The standard InChI is InChI=1S/C48H28N4S2/c1-3-13-29(14-4-1)30-25-27-31(28-26-30)43-46-44(33-17-7-9-22-38(33)54-46)50-47(49-43)35-19-11-21-37-41(35)42-34-18-12-24-40-45(34)52(36-20-8-10-23-39(36)53-40)48(42)51(37)32-15-5-2-6-16-32/h1-28H. The highest BCUT2D eigenvalue weighted by Crippen LogP contribution is 2.51. The van der Waals surface area contributed by atoms with Gasteiger partial charge in [0.1, 0.15) is 5.65 Å². The molecular weight excluding hydrogens is 697 g/mol. The molecule has 0 radical (unpaired) electrons. The summed E-state index contributed by atoms with van der Waals surface area (Å²) >= 11 is 3.62. The molecule has 0 spiro atoms. The van der Waals surface area contributed by atoms with Crippen molar-refractivity contribution in [2.24, 2.45) is 0 Å². The summed E-state index contributed by atoms with van der Waals surface area (Å²) in [7, 11) is 0. The summed E-state index contributed by atoms with van der Waals surface area (Å²) in [5, 5.41) is 4.76. The van der Waals surface area contributed by atoms with Crippen LogP contribution in [0.2, 0.25) is 0 Å². The SMILES string of the molecule is c1ccc(-c2ccc(-c3nc(-c4cccc5c4c4c6cccc7c6n(c4n5-c4ccccc4)-c4ccccc4S7)nc4c3sc3ccccc34)cc2)cc1. The summed E-state index contributed by atoms with van der Waals surface area (Å²) < 4.78 is 7.24. The third kappa shape index (κ3) is 4.26. The second kappa shape index (κ2) is 11.5. The van der Waals surface area contributed by atoms with Crippen molar-refractivity contribution in [2.45, 2.75) is 9.79 Å². The van der Waals surface area contributed by atoms with Crippen LogP contribution < -0.4 is 0 Å². The largest absolute Gasteiger partial charge is 0.295 e. The van der Waals surface area contributed by atoms with Crippen LogP contribution in [0.15, 0.2) is 180 Å². The fourth-order valence-electron chi connectivity index (χ4n) is 8.40. The second-order valence-corrected chi connectivity index (χ2v) is 15.9. The molecule has 0 amide bonds. The molecular formula is C48H28N4S2. The maximum Gasteiger partial charge on any atom is 0.161 e. The Balaban J connectivity index is 1.20. The van der Waals surface area contributed by atoms with Crippen LogP contribution in [0.4, 0.5) is 0 Å². The number of para-hydroxylation sites is 3. The van der Waals surface area contributed by atoms with E-state index in [4.69, 9.17) is 9.97 Å². The van der Waals surface area contributed by atoms with Gasteiger partial charge < -0.3 is 0 Å². The van der Waals surface area contributed by atoms with Crippen LogP contribution in [0.3, 0.4) is 0 Å². The lowest BCUT2D eigenvalue weighted by atomic mass is 10.0. The average molecular weight is 725 g/mol. The Morgan fingerprint density at radius 3 is 2.04 bits per heavy atom. The van der Waals surface area contributed by atoms with Gasteiger partial charge in [-0.1, -0.05) is 139 Å². The topological polar surface area (TPSA) is 35.6 Å². The minimum atomic E-state index is 0.729. The lowest BCUT2D eigenvalue weighted by Gasteiger charge is -2.21. The van der Waals surface area contributed by atoms with E-state index >= 15 is 0 Å². The molecule has 0 saturated carbocycles. The predicted octanol–water partition coefficient (Wildman–Crippen LogP) is 13.4. The Labute approximate surface area is 318 Å². The van der Waals surface area contributed by atoms with Gasteiger partial charge in [0, 0.05) is 52.9 Å². The zero-order chi connectivity index (χ0) is 35.3. The van der Waals surface area contributed by atoms with E-state index in [2.05, 4.69) is 179 Å². The number of aromatic nitrogens is 4. The van der Waals surface area contributed by atoms with Gasteiger partial charge in [-0.3, -0.25) is 9.13 Å². The number of nitrogens with zero attached hydrogens (tertiary/aromatic N) is 4. The molecule has 4 nitrogen and oxygen atoms in total.